The van der Waals surface area contributed by atoms with Gasteiger partial charge in [-0.15, -0.1) is 0 Å². The maximum atomic E-state index is 12.6. The molecule has 0 radical (unpaired) electrons. The maximum Gasteiger partial charge on any atom is 0.112 e. The molecule has 3 aromatic rings. The number of halogens is 1. The van der Waals surface area contributed by atoms with Gasteiger partial charge >= 0.3 is 0 Å². The van der Waals surface area contributed by atoms with Crippen LogP contribution in [-0.2, 0) is 0 Å². The zero-order chi connectivity index (χ0) is 17.4. The molecule has 0 bridgehead atoms. The number of alkyl halides is 1. The van der Waals surface area contributed by atoms with E-state index in [2.05, 4.69) is 51.4 Å². The maximum absolute atomic E-state index is 12.6. The van der Waals surface area contributed by atoms with E-state index >= 15 is 0 Å². The van der Waals surface area contributed by atoms with Crippen LogP contribution in [0.15, 0.2) is 73.6 Å². The zero-order valence-electron chi connectivity index (χ0n) is 14.1. The first-order chi connectivity index (χ1) is 12.4. The van der Waals surface area contributed by atoms with Gasteiger partial charge in [0, 0.05) is 37.2 Å². The second kappa shape index (κ2) is 8.77. The van der Waals surface area contributed by atoms with Crippen LogP contribution in [-0.4, -0.2) is 27.8 Å². The standard InChI is InChI=1S/C20H22FN3P/c21-10-2-1-3-17-25(18-4-11-22-12-5-18,19-6-13-23-14-7-19)20-8-15-24-16-9-20/h4-9,11-16H,1-3,10,17H2/q+1. The van der Waals surface area contributed by atoms with E-state index in [1.54, 1.807) is 0 Å². The Morgan fingerprint density at radius 3 is 1.36 bits per heavy atom. The average Bonchev–Trinajstić information content (AvgIpc) is 2.70. The highest BCUT2D eigenvalue weighted by atomic mass is 31.2. The molecule has 0 spiro atoms. The van der Waals surface area contributed by atoms with E-state index < -0.39 is 7.26 Å². The Morgan fingerprint density at radius 1 is 0.600 bits per heavy atom. The quantitative estimate of drug-likeness (QED) is 0.460. The fraction of sp³-hybridized carbons (Fsp3) is 0.250. The van der Waals surface area contributed by atoms with Crippen LogP contribution in [0.2, 0.25) is 0 Å². The number of nitrogens with zero attached hydrogens (tertiary/aromatic N) is 3. The van der Waals surface area contributed by atoms with Crippen LogP contribution in [0.4, 0.5) is 4.39 Å². The molecule has 0 saturated heterocycles. The molecule has 5 heteroatoms. The van der Waals surface area contributed by atoms with E-state index in [4.69, 9.17) is 0 Å². The van der Waals surface area contributed by atoms with Gasteiger partial charge in [-0.2, -0.15) is 0 Å². The molecular formula is C20H22FN3P+. The van der Waals surface area contributed by atoms with Gasteiger partial charge in [-0.05, 0) is 55.7 Å². The Kier molecular flexibility index (Phi) is 6.19. The van der Waals surface area contributed by atoms with E-state index in [-0.39, 0.29) is 6.67 Å². The van der Waals surface area contributed by atoms with Gasteiger partial charge in [0.05, 0.1) is 12.8 Å². The number of hydrogen-bond donors (Lipinski definition) is 0. The molecule has 0 unspecified atom stereocenters. The minimum atomic E-state index is -1.84. The van der Waals surface area contributed by atoms with Crippen molar-refractivity contribution in [1.82, 2.24) is 15.0 Å². The van der Waals surface area contributed by atoms with Gasteiger partial charge in [0.2, 0.25) is 0 Å². The van der Waals surface area contributed by atoms with Crippen molar-refractivity contribution in [2.75, 3.05) is 12.8 Å². The lowest BCUT2D eigenvalue weighted by atomic mass is 10.3. The molecule has 128 valence electrons. The summed E-state index contributed by atoms with van der Waals surface area (Å²) < 4.78 is 12.6. The van der Waals surface area contributed by atoms with Gasteiger partial charge in [-0.25, -0.2) is 0 Å². The predicted octanol–water partition coefficient (Wildman–Crippen LogP) is 3.31. The largest absolute Gasteiger partial charge is 0.264 e. The van der Waals surface area contributed by atoms with Crippen LogP contribution < -0.4 is 15.9 Å². The summed E-state index contributed by atoms with van der Waals surface area (Å²) in [5, 5.41) is 3.88. The Balaban J connectivity index is 2.13. The summed E-state index contributed by atoms with van der Waals surface area (Å²) >= 11 is 0. The summed E-state index contributed by atoms with van der Waals surface area (Å²) in [7, 11) is -1.84. The van der Waals surface area contributed by atoms with Crippen molar-refractivity contribution in [3.05, 3.63) is 73.6 Å². The van der Waals surface area contributed by atoms with Gasteiger partial charge < -0.3 is 0 Å². The smallest absolute Gasteiger partial charge is 0.112 e. The molecule has 0 fully saturated rings. The van der Waals surface area contributed by atoms with E-state index in [0.29, 0.717) is 6.42 Å². The monoisotopic (exact) mass is 354 g/mol. The van der Waals surface area contributed by atoms with Crippen molar-refractivity contribution in [2.24, 2.45) is 0 Å². The second-order valence-corrected chi connectivity index (χ2v) is 9.52. The molecule has 0 N–H and O–H groups in total. The Bertz CT molecular complexity index is 657. The van der Waals surface area contributed by atoms with Gasteiger partial charge in [0.25, 0.3) is 0 Å². The highest BCUT2D eigenvalue weighted by Crippen LogP contribution is 2.55. The van der Waals surface area contributed by atoms with Crippen molar-refractivity contribution in [3.63, 3.8) is 0 Å². The normalized spacial score (nSPS) is 11.4. The summed E-state index contributed by atoms with van der Waals surface area (Å²) in [6.45, 7) is -0.245. The molecule has 0 aromatic carbocycles. The fourth-order valence-corrected chi connectivity index (χ4v) is 7.54. The summed E-state index contributed by atoms with van der Waals surface area (Å²) in [4.78, 5) is 12.6. The Morgan fingerprint density at radius 2 is 1.00 bits per heavy atom. The molecule has 0 saturated carbocycles. The highest BCUT2D eigenvalue weighted by Gasteiger charge is 2.44. The first-order valence-corrected chi connectivity index (χ1v) is 10.5. The average molecular weight is 354 g/mol. The molecule has 0 aliphatic carbocycles. The molecule has 0 amide bonds. The third kappa shape index (κ3) is 3.91. The van der Waals surface area contributed by atoms with E-state index in [1.807, 2.05) is 37.2 Å². The number of unbranched alkanes of at least 4 members (excludes halogenated alkanes) is 2. The van der Waals surface area contributed by atoms with Crippen molar-refractivity contribution >= 4 is 23.2 Å². The Hall–Kier alpha value is -2.19. The molecule has 0 aliphatic heterocycles. The topological polar surface area (TPSA) is 38.7 Å². The molecule has 3 rings (SSSR count). The van der Waals surface area contributed by atoms with Crippen LogP contribution in [0.25, 0.3) is 0 Å². The number of pyridine rings is 3. The molecule has 3 nitrogen and oxygen atoms in total. The highest BCUT2D eigenvalue weighted by molar-refractivity contribution is 7.95. The van der Waals surface area contributed by atoms with Crippen LogP contribution in [0.1, 0.15) is 19.3 Å². The van der Waals surface area contributed by atoms with Crippen molar-refractivity contribution in [1.29, 1.82) is 0 Å². The lowest BCUT2D eigenvalue weighted by molar-refractivity contribution is 0.460. The van der Waals surface area contributed by atoms with Gasteiger partial charge in [0.1, 0.15) is 23.2 Å². The van der Waals surface area contributed by atoms with Crippen molar-refractivity contribution in [2.45, 2.75) is 19.3 Å². The SMILES string of the molecule is FCCCCC[P+](c1ccncc1)(c1ccncc1)c1ccncc1. The molecule has 0 aliphatic rings. The van der Waals surface area contributed by atoms with Crippen LogP contribution in [0.5, 0.6) is 0 Å². The molecule has 3 aromatic heterocycles. The van der Waals surface area contributed by atoms with Gasteiger partial charge in [-0.1, -0.05) is 0 Å². The van der Waals surface area contributed by atoms with Crippen LogP contribution >= 0.6 is 7.26 Å². The minimum Gasteiger partial charge on any atom is -0.264 e. The summed E-state index contributed by atoms with van der Waals surface area (Å²) in [5.74, 6) is 0. The van der Waals surface area contributed by atoms with Crippen molar-refractivity contribution in [3.8, 4) is 0 Å². The molecule has 0 atom stereocenters. The third-order valence-corrected chi connectivity index (χ3v) is 8.96. The van der Waals surface area contributed by atoms with E-state index in [0.717, 1.165) is 19.0 Å². The minimum absolute atomic E-state index is 0.245. The van der Waals surface area contributed by atoms with Crippen LogP contribution in [0.3, 0.4) is 0 Å². The zero-order valence-corrected chi connectivity index (χ0v) is 15.0. The second-order valence-electron chi connectivity index (χ2n) is 5.90. The fourth-order valence-electron chi connectivity index (χ4n) is 3.25. The van der Waals surface area contributed by atoms with Crippen molar-refractivity contribution < 1.29 is 4.39 Å². The first kappa shape index (κ1) is 17.6. The predicted molar refractivity (Wildman–Crippen MR) is 103 cm³/mol. The number of hydrogen-bond acceptors (Lipinski definition) is 3. The number of rotatable bonds is 8. The molecular weight excluding hydrogens is 332 g/mol. The number of aromatic nitrogens is 3. The van der Waals surface area contributed by atoms with E-state index in [9.17, 15) is 4.39 Å². The lowest BCUT2D eigenvalue weighted by Crippen LogP contribution is -2.33. The molecule has 25 heavy (non-hydrogen) atoms. The molecule has 3 heterocycles. The third-order valence-electron chi connectivity index (χ3n) is 4.44. The van der Waals surface area contributed by atoms with E-state index in [1.165, 1.54) is 15.9 Å². The summed E-state index contributed by atoms with van der Waals surface area (Å²) in [6.07, 6.45) is 14.7. The van der Waals surface area contributed by atoms with Gasteiger partial charge in [0.15, 0.2) is 0 Å². The van der Waals surface area contributed by atoms with Crippen LogP contribution in [0, 0.1) is 0 Å². The Labute approximate surface area is 148 Å². The first-order valence-electron chi connectivity index (χ1n) is 8.54. The van der Waals surface area contributed by atoms with Gasteiger partial charge in [-0.3, -0.25) is 19.3 Å². The summed E-state index contributed by atoms with van der Waals surface area (Å²) in [5.41, 5.74) is 0. The lowest BCUT2D eigenvalue weighted by Gasteiger charge is -2.27. The summed E-state index contributed by atoms with van der Waals surface area (Å²) in [6, 6.07) is 12.7.